The molecule has 90 valence electrons. The maximum absolute atomic E-state index is 4.46. The van der Waals surface area contributed by atoms with Gasteiger partial charge in [0.1, 0.15) is 5.01 Å². The standard InChI is InChI=1S/C13H22N2S/c1-4-11-6-5-7-12(11)15-10(3)13-14-8-9(2)16-13/h8,10-12,15H,4-7H2,1-3H3. The second kappa shape index (κ2) is 5.28. The summed E-state index contributed by atoms with van der Waals surface area (Å²) < 4.78 is 0. The van der Waals surface area contributed by atoms with Gasteiger partial charge in [-0.2, -0.15) is 0 Å². The molecular formula is C13H22N2S. The predicted molar refractivity (Wildman–Crippen MR) is 69.8 cm³/mol. The second-order valence-electron chi connectivity index (χ2n) is 4.90. The quantitative estimate of drug-likeness (QED) is 0.865. The van der Waals surface area contributed by atoms with Crippen molar-refractivity contribution in [1.82, 2.24) is 10.3 Å². The SMILES string of the molecule is CCC1CCCC1NC(C)c1ncc(C)s1. The van der Waals surface area contributed by atoms with E-state index >= 15 is 0 Å². The van der Waals surface area contributed by atoms with Crippen LogP contribution in [0.4, 0.5) is 0 Å². The largest absolute Gasteiger partial charge is 0.305 e. The van der Waals surface area contributed by atoms with E-state index in [0.29, 0.717) is 12.1 Å². The van der Waals surface area contributed by atoms with Crippen LogP contribution < -0.4 is 5.32 Å². The summed E-state index contributed by atoms with van der Waals surface area (Å²) in [4.78, 5) is 5.77. The molecule has 1 aliphatic carbocycles. The topological polar surface area (TPSA) is 24.9 Å². The van der Waals surface area contributed by atoms with Crippen molar-refractivity contribution < 1.29 is 0 Å². The van der Waals surface area contributed by atoms with Crippen LogP contribution in [-0.4, -0.2) is 11.0 Å². The Hall–Kier alpha value is -0.410. The Morgan fingerprint density at radius 1 is 1.56 bits per heavy atom. The van der Waals surface area contributed by atoms with E-state index < -0.39 is 0 Å². The van der Waals surface area contributed by atoms with Crippen molar-refractivity contribution in [3.63, 3.8) is 0 Å². The Kier molecular flexibility index (Phi) is 3.98. The fraction of sp³-hybridized carbons (Fsp3) is 0.769. The summed E-state index contributed by atoms with van der Waals surface area (Å²) in [6.45, 7) is 6.67. The molecule has 0 amide bonds. The minimum Gasteiger partial charge on any atom is -0.305 e. The first kappa shape index (κ1) is 12.1. The number of rotatable bonds is 4. The fourth-order valence-electron chi connectivity index (χ4n) is 2.71. The van der Waals surface area contributed by atoms with E-state index in [0.717, 1.165) is 5.92 Å². The van der Waals surface area contributed by atoms with E-state index in [1.54, 1.807) is 0 Å². The molecule has 1 aromatic rings. The lowest BCUT2D eigenvalue weighted by atomic mass is 10.00. The number of thiazole rings is 1. The Labute approximate surface area is 102 Å². The van der Waals surface area contributed by atoms with Crippen LogP contribution in [0.15, 0.2) is 6.20 Å². The van der Waals surface area contributed by atoms with E-state index in [1.807, 2.05) is 17.5 Å². The van der Waals surface area contributed by atoms with Crippen molar-refractivity contribution in [2.24, 2.45) is 5.92 Å². The van der Waals surface area contributed by atoms with Crippen molar-refractivity contribution in [3.8, 4) is 0 Å². The highest BCUT2D eigenvalue weighted by Crippen LogP contribution is 2.30. The van der Waals surface area contributed by atoms with Gasteiger partial charge in [-0.3, -0.25) is 0 Å². The van der Waals surface area contributed by atoms with Crippen LogP contribution in [0.25, 0.3) is 0 Å². The van der Waals surface area contributed by atoms with Crippen LogP contribution in [0.2, 0.25) is 0 Å². The molecule has 16 heavy (non-hydrogen) atoms. The summed E-state index contributed by atoms with van der Waals surface area (Å²) >= 11 is 1.81. The summed E-state index contributed by atoms with van der Waals surface area (Å²) in [5.41, 5.74) is 0. The van der Waals surface area contributed by atoms with Gasteiger partial charge in [0.15, 0.2) is 0 Å². The van der Waals surface area contributed by atoms with E-state index in [9.17, 15) is 0 Å². The zero-order valence-corrected chi connectivity index (χ0v) is 11.3. The molecule has 3 atom stereocenters. The van der Waals surface area contributed by atoms with Gasteiger partial charge in [-0.1, -0.05) is 19.8 Å². The van der Waals surface area contributed by atoms with Crippen LogP contribution >= 0.6 is 11.3 Å². The van der Waals surface area contributed by atoms with E-state index in [-0.39, 0.29) is 0 Å². The summed E-state index contributed by atoms with van der Waals surface area (Å²) in [6.07, 6.45) is 7.41. The molecule has 3 unspecified atom stereocenters. The van der Waals surface area contributed by atoms with Gasteiger partial charge < -0.3 is 5.32 Å². The highest BCUT2D eigenvalue weighted by atomic mass is 32.1. The van der Waals surface area contributed by atoms with Gasteiger partial charge >= 0.3 is 0 Å². The van der Waals surface area contributed by atoms with Crippen LogP contribution in [0.3, 0.4) is 0 Å². The van der Waals surface area contributed by atoms with Crippen molar-refractivity contribution in [1.29, 1.82) is 0 Å². The molecule has 1 heterocycles. The molecule has 1 N–H and O–H groups in total. The second-order valence-corrected chi connectivity index (χ2v) is 6.17. The molecule has 1 aliphatic rings. The molecule has 1 saturated carbocycles. The van der Waals surface area contributed by atoms with E-state index in [2.05, 4.69) is 31.1 Å². The first-order valence-corrected chi connectivity index (χ1v) is 7.20. The van der Waals surface area contributed by atoms with Gasteiger partial charge in [0.05, 0.1) is 6.04 Å². The van der Waals surface area contributed by atoms with Gasteiger partial charge in [-0.25, -0.2) is 4.98 Å². The summed E-state index contributed by atoms with van der Waals surface area (Å²) in [7, 11) is 0. The molecule has 0 bridgehead atoms. The van der Waals surface area contributed by atoms with Gasteiger partial charge in [-0.05, 0) is 32.6 Å². The lowest BCUT2D eigenvalue weighted by Crippen LogP contribution is -2.34. The van der Waals surface area contributed by atoms with E-state index in [4.69, 9.17) is 0 Å². The normalized spacial score (nSPS) is 27.2. The average Bonchev–Trinajstić information content (AvgIpc) is 2.86. The molecular weight excluding hydrogens is 216 g/mol. The molecule has 0 radical (unpaired) electrons. The minimum atomic E-state index is 0.413. The lowest BCUT2D eigenvalue weighted by Gasteiger charge is -2.23. The maximum Gasteiger partial charge on any atom is 0.109 e. The first-order valence-electron chi connectivity index (χ1n) is 6.39. The first-order chi connectivity index (χ1) is 7.70. The van der Waals surface area contributed by atoms with Crippen LogP contribution in [0, 0.1) is 12.8 Å². The third-order valence-corrected chi connectivity index (χ3v) is 4.75. The number of nitrogens with one attached hydrogen (secondary N) is 1. The molecule has 0 spiro atoms. The monoisotopic (exact) mass is 238 g/mol. The van der Waals surface area contributed by atoms with Crippen LogP contribution in [0.1, 0.15) is 55.5 Å². The molecule has 0 saturated heterocycles. The Bertz CT molecular complexity index is 334. The highest BCUT2D eigenvalue weighted by molar-refractivity contribution is 7.11. The fourth-order valence-corrected chi connectivity index (χ4v) is 3.50. The molecule has 2 nitrogen and oxygen atoms in total. The zero-order chi connectivity index (χ0) is 11.5. The van der Waals surface area contributed by atoms with Crippen LogP contribution in [0.5, 0.6) is 0 Å². The highest BCUT2D eigenvalue weighted by Gasteiger charge is 2.27. The van der Waals surface area contributed by atoms with E-state index in [1.165, 1.54) is 35.6 Å². The molecule has 0 aliphatic heterocycles. The third kappa shape index (κ3) is 2.64. The number of hydrogen-bond donors (Lipinski definition) is 1. The average molecular weight is 238 g/mol. The molecule has 3 heteroatoms. The number of hydrogen-bond acceptors (Lipinski definition) is 3. The van der Waals surface area contributed by atoms with Gasteiger partial charge in [0.25, 0.3) is 0 Å². The Morgan fingerprint density at radius 2 is 2.38 bits per heavy atom. The molecule has 1 fully saturated rings. The third-order valence-electron chi connectivity index (χ3n) is 3.66. The van der Waals surface area contributed by atoms with Gasteiger partial charge in [0, 0.05) is 17.1 Å². The summed E-state index contributed by atoms with van der Waals surface area (Å²) in [5, 5.41) is 4.99. The van der Waals surface area contributed by atoms with Crippen LogP contribution in [-0.2, 0) is 0 Å². The zero-order valence-electron chi connectivity index (χ0n) is 10.5. The maximum atomic E-state index is 4.46. The van der Waals surface area contributed by atoms with Crippen molar-refractivity contribution in [2.75, 3.05) is 0 Å². The Balaban J connectivity index is 1.94. The number of aromatic nitrogens is 1. The molecule has 1 aromatic heterocycles. The smallest absolute Gasteiger partial charge is 0.109 e. The Morgan fingerprint density at radius 3 is 3.00 bits per heavy atom. The predicted octanol–water partition coefficient (Wildman–Crippen LogP) is 3.68. The van der Waals surface area contributed by atoms with Gasteiger partial charge in [-0.15, -0.1) is 11.3 Å². The number of aryl methyl sites for hydroxylation is 1. The summed E-state index contributed by atoms with van der Waals surface area (Å²) in [6, 6.07) is 1.13. The lowest BCUT2D eigenvalue weighted by molar-refractivity contribution is 0.360. The molecule has 2 rings (SSSR count). The van der Waals surface area contributed by atoms with Gasteiger partial charge in [0.2, 0.25) is 0 Å². The van der Waals surface area contributed by atoms with Crippen molar-refractivity contribution in [3.05, 3.63) is 16.1 Å². The summed E-state index contributed by atoms with van der Waals surface area (Å²) in [5.74, 6) is 0.878. The number of nitrogens with zero attached hydrogens (tertiary/aromatic N) is 1. The van der Waals surface area contributed by atoms with Crippen molar-refractivity contribution in [2.45, 2.75) is 58.5 Å². The molecule has 0 aromatic carbocycles. The van der Waals surface area contributed by atoms with Crippen molar-refractivity contribution >= 4 is 11.3 Å². The minimum absolute atomic E-state index is 0.413.